The Morgan fingerprint density at radius 1 is 0.917 bits per heavy atom. The Morgan fingerprint density at radius 3 is 2.21 bits per heavy atom. The SMILES string of the molecule is CC(C)C1=C2C3CCC4C(C)(CCC5C(C)C(OC(=O)C6CC(C(=O)O)C6C)CCC54C)C3CCC2(C(C)(C)CN2CCCC2)CC1=O. The molecule has 268 valence electrons. The summed E-state index contributed by atoms with van der Waals surface area (Å²) in [5, 5.41) is 9.43. The molecule has 12 unspecified atom stereocenters. The summed E-state index contributed by atoms with van der Waals surface area (Å²) in [6.07, 6.45) is 13.0. The highest BCUT2D eigenvalue weighted by atomic mass is 16.5. The van der Waals surface area contributed by atoms with Crippen molar-refractivity contribution in [2.24, 2.45) is 74.9 Å². The van der Waals surface area contributed by atoms with Gasteiger partial charge < -0.3 is 14.7 Å². The zero-order chi connectivity index (χ0) is 34.6. The number of rotatable bonds is 7. The number of fused-ring (bicyclic) bond motifs is 7. The van der Waals surface area contributed by atoms with Crippen molar-refractivity contribution in [1.29, 1.82) is 0 Å². The van der Waals surface area contributed by atoms with Gasteiger partial charge in [-0.3, -0.25) is 14.4 Å². The molecule has 1 saturated heterocycles. The van der Waals surface area contributed by atoms with Gasteiger partial charge >= 0.3 is 11.9 Å². The third-order valence-corrected chi connectivity index (χ3v) is 16.9. The second kappa shape index (κ2) is 11.9. The first-order chi connectivity index (χ1) is 22.6. The number of ketones is 1. The summed E-state index contributed by atoms with van der Waals surface area (Å²) in [4.78, 5) is 41.5. The van der Waals surface area contributed by atoms with Crippen LogP contribution in [0.5, 0.6) is 0 Å². The molecule has 6 heteroatoms. The van der Waals surface area contributed by atoms with E-state index in [2.05, 4.69) is 53.4 Å². The molecule has 1 aliphatic heterocycles. The second-order valence-corrected chi connectivity index (χ2v) is 19.6. The molecule has 7 rings (SSSR count). The minimum atomic E-state index is -0.793. The minimum Gasteiger partial charge on any atom is -0.481 e. The number of hydrogen-bond donors (Lipinski definition) is 1. The Bertz CT molecular complexity index is 1360. The van der Waals surface area contributed by atoms with Gasteiger partial charge in [-0.1, -0.05) is 61.0 Å². The van der Waals surface area contributed by atoms with Crippen LogP contribution in [0.15, 0.2) is 11.1 Å². The van der Waals surface area contributed by atoms with Gasteiger partial charge in [0.2, 0.25) is 0 Å². The molecule has 0 spiro atoms. The van der Waals surface area contributed by atoms with E-state index < -0.39 is 11.9 Å². The highest BCUT2D eigenvalue weighted by Crippen LogP contribution is 2.73. The number of likely N-dealkylation sites (tertiary alicyclic amines) is 1. The van der Waals surface area contributed by atoms with E-state index in [-0.39, 0.29) is 51.5 Å². The number of carbonyl (C=O) groups excluding carboxylic acids is 2. The topological polar surface area (TPSA) is 83.9 Å². The maximum Gasteiger partial charge on any atom is 0.309 e. The molecule has 6 aliphatic carbocycles. The van der Waals surface area contributed by atoms with E-state index in [4.69, 9.17) is 4.74 Å². The van der Waals surface area contributed by atoms with Gasteiger partial charge in [0, 0.05) is 18.4 Å². The largest absolute Gasteiger partial charge is 0.481 e. The maximum absolute atomic E-state index is 14.1. The Morgan fingerprint density at radius 2 is 1.56 bits per heavy atom. The molecule has 1 heterocycles. The number of carboxylic acids is 1. The Labute approximate surface area is 290 Å². The van der Waals surface area contributed by atoms with Gasteiger partial charge in [-0.25, -0.2) is 0 Å². The molecule has 48 heavy (non-hydrogen) atoms. The molecule has 6 fully saturated rings. The molecular weight excluding hydrogens is 598 g/mol. The number of Topliss-reactive ketones (excluding diaryl/α,β-unsaturated/α-hetero) is 1. The van der Waals surface area contributed by atoms with E-state index in [1.807, 2.05) is 6.92 Å². The Balaban J connectivity index is 1.12. The fraction of sp³-hybridized carbons (Fsp3) is 0.881. The third kappa shape index (κ3) is 4.97. The number of allylic oxidation sites excluding steroid dienone is 2. The first kappa shape index (κ1) is 34.7. The number of esters is 1. The van der Waals surface area contributed by atoms with E-state index >= 15 is 0 Å². The lowest BCUT2D eigenvalue weighted by Crippen LogP contribution is -2.61. The highest BCUT2D eigenvalue weighted by Gasteiger charge is 2.67. The van der Waals surface area contributed by atoms with Crippen molar-refractivity contribution < 1.29 is 24.2 Å². The highest BCUT2D eigenvalue weighted by molar-refractivity contribution is 6.00. The molecule has 0 amide bonds. The smallest absolute Gasteiger partial charge is 0.309 e. The normalized spacial score (nSPS) is 46.0. The predicted molar refractivity (Wildman–Crippen MR) is 188 cm³/mol. The summed E-state index contributed by atoms with van der Waals surface area (Å²) in [5.41, 5.74) is 3.39. The fourth-order valence-corrected chi connectivity index (χ4v) is 14.3. The number of carbonyl (C=O) groups is 3. The van der Waals surface area contributed by atoms with Crippen LogP contribution in [0, 0.1) is 74.9 Å². The molecule has 0 aromatic rings. The van der Waals surface area contributed by atoms with E-state index in [9.17, 15) is 19.5 Å². The number of hydrogen-bond acceptors (Lipinski definition) is 5. The molecule has 0 radical (unpaired) electrons. The average Bonchev–Trinajstić information content (AvgIpc) is 3.62. The number of ether oxygens (including phenoxy) is 1. The van der Waals surface area contributed by atoms with Crippen LogP contribution in [0.4, 0.5) is 0 Å². The Hall–Kier alpha value is -1.69. The molecule has 0 aromatic heterocycles. The van der Waals surface area contributed by atoms with Crippen molar-refractivity contribution >= 4 is 17.7 Å². The molecule has 1 N–H and O–H groups in total. The maximum atomic E-state index is 14.1. The molecule has 5 saturated carbocycles. The lowest BCUT2D eigenvalue weighted by Gasteiger charge is -2.68. The van der Waals surface area contributed by atoms with Crippen LogP contribution >= 0.6 is 0 Å². The van der Waals surface area contributed by atoms with E-state index in [1.54, 1.807) is 5.57 Å². The predicted octanol–water partition coefficient (Wildman–Crippen LogP) is 8.58. The fourth-order valence-electron chi connectivity index (χ4n) is 14.3. The van der Waals surface area contributed by atoms with Gasteiger partial charge in [-0.15, -0.1) is 0 Å². The monoisotopic (exact) mass is 663 g/mol. The zero-order valence-corrected chi connectivity index (χ0v) is 31.4. The van der Waals surface area contributed by atoms with Crippen LogP contribution in [0.1, 0.15) is 132 Å². The third-order valence-electron chi connectivity index (χ3n) is 16.9. The molecular formula is C42H65NO5. The van der Waals surface area contributed by atoms with Gasteiger partial charge in [0.15, 0.2) is 5.78 Å². The number of carboxylic acid groups (broad SMARTS) is 1. The summed E-state index contributed by atoms with van der Waals surface area (Å²) in [7, 11) is 0. The van der Waals surface area contributed by atoms with Gasteiger partial charge in [-0.05, 0) is 147 Å². The first-order valence-electron chi connectivity index (χ1n) is 20.0. The summed E-state index contributed by atoms with van der Waals surface area (Å²) in [6.45, 7) is 22.5. The zero-order valence-electron chi connectivity index (χ0n) is 31.4. The summed E-state index contributed by atoms with van der Waals surface area (Å²) in [6, 6.07) is 0. The van der Waals surface area contributed by atoms with Crippen LogP contribution in [0.25, 0.3) is 0 Å². The lowest BCUT2D eigenvalue weighted by molar-refractivity contribution is -0.198. The van der Waals surface area contributed by atoms with Crippen LogP contribution in [0.3, 0.4) is 0 Å². The molecule has 12 atom stereocenters. The average molecular weight is 664 g/mol. The molecule has 0 bridgehead atoms. The molecule has 7 aliphatic rings. The number of nitrogens with zero attached hydrogens (tertiary/aromatic N) is 1. The standard InChI is InChI=1S/C42H65NO5/c1-24(2)35-32(44)22-42(39(5,6)23-43-19-9-10-20-43)18-14-31-27(36(35)42)11-12-34-40(7)17-15-33(26(4)30(40)13-16-41(31,34)8)48-38(47)29-21-28(25(29)3)37(45)46/h24-31,33-34H,9-23H2,1-8H3,(H,45,46). The van der Waals surface area contributed by atoms with Crippen LogP contribution in [-0.2, 0) is 19.1 Å². The van der Waals surface area contributed by atoms with E-state index in [0.29, 0.717) is 41.8 Å². The van der Waals surface area contributed by atoms with Gasteiger partial charge in [0.25, 0.3) is 0 Å². The second-order valence-electron chi connectivity index (χ2n) is 19.6. The summed E-state index contributed by atoms with van der Waals surface area (Å²) >= 11 is 0. The quantitative estimate of drug-likeness (QED) is 0.275. The van der Waals surface area contributed by atoms with Gasteiger partial charge in [-0.2, -0.15) is 0 Å². The van der Waals surface area contributed by atoms with Crippen LogP contribution < -0.4 is 0 Å². The molecule has 0 aromatic carbocycles. The number of aliphatic carboxylic acids is 1. The van der Waals surface area contributed by atoms with Crippen molar-refractivity contribution in [2.45, 2.75) is 139 Å². The van der Waals surface area contributed by atoms with Crippen molar-refractivity contribution in [3.63, 3.8) is 0 Å². The first-order valence-corrected chi connectivity index (χ1v) is 20.0. The molecule has 6 nitrogen and oxygen atoms in total. The van der Waals surface area contributed by atoms with Crippen molar-refractivity contribution in [2.75, 3.05) is 19.6 Å². The van der Waals surface area contributed by atoms with Crippen LogP contribution in [0.2, 0.25) is 0 Å². The van der Waals surface area contributed by atoms with Gasteiger partial charge in [0.1, 0.15) is 6.10 Å². The van der Waals surface area contributed by atoms with E-state index in [1.165, 1.54) is 63.6 Å². The summed E-state index contributed by atoms with van der Waals surface area (Å²) in [5.74, 6) is 1.59. The van der Waals surface area contributed by atoms with E-state index in [0.717, 1.165) is 32.2 Å². The van der Waals surface area contributed by atoms with Crippen LogP contribution in [-0.4, -0.2) is 53.5 Å². The van der Waals surface area contributed by atoms with Gasteiger partial charge in [0.05, 0.1) is 11.8 Å². The van der Waals surface area contributed by atoms with Crippen molar-refractivity contribution in [3.8, 4) is 0 Å². The van der Waals surface area contributed by atoms with Crippen molar-refractivity contribution in [1.82, 2.24) is 4.90 Å². The lowest BCUT2D eigenvalue weighted by atomic mass is 9.37. The summed E-state index contributed by atoms with van der Waals surface area (Å²) < 4.78 is 6.26. The van der Waals surface area contributed by atoms with Crippen molar-refractivity contribution in [3.05, 3.63) is 11.1 Å². The minimum absolute atomic E-state index is 0.00336. The Kier molecular flexibility index (Phi) is 8.64.